The van der Waals surface area contributed by atoms with Crippen LogP contribution in [0.25, 0.3) is 10.9 Å². The van der Waals surface area contributed by atoms with E-state index in [1.165, 1.54) is 4.57 Å². The largest absolute Gasteiger partial charge is 0.354 e. The molecule has 0 fully saturated rings. The zero-order valence-electron chi connectivity index (χ0n) is 14.3. The quantitative estimate of drug-likeness (QED) is 0.735. The van der Waals surface area contributed by atoms with Gasteiger partial charge in [-0.05, 0) is 31.0 Å². The number of benzene rings is 1. The highest BCUT2D eigenvalue weighted by Gasteiger charge is 2.12. The molecule has 0 aliphatic carbocycles. The van der Waals surface area contributed by atoms with E-state index in [1.807, 2.05) is 29.9 Å². The molecule has 1 aromatic carbocycles. The Morgan fingerprint density at radius 3 is 2.84 bits per heavy atom. The predicted octanol–water partition coefficient (Wildman–Crippen LogP) is 1.35. The highest BCUT2D eigenvalue weighted by atomic mass is 16.2. The Morgan fingerprint density at radius 1 is 1.28 bits per heavy atom. The summed E-state index contributed by atoms with van der Waals surface area (Å²) in [5.74, 6) is 0.564. The van der Waals surface area contributed by atoms with E-state index in [1.54, 1.807) is 31.3 Å². The molecular weight excluding hydrogens is 318 g/mol. The van der Waals surface area contributed by atoms with Crippen molar-refractivity contribution in [3.63, 3.8) is 0 Å². The smallest absolute Gasteiger partial charge is 0.261 e. The lowest BCUT2D eigenvalue weighted by molar-refractivity contribution is -0.121. The molecule has 3 rings (SSSR count). The summed E-state index contributed by atoms with van der Waals surface area (Å²) in [4.78, 5) is 29.2. The van der Waals surface area contributed by atoms with Gasteiger partial charge in [0.1, 0.15) is 12.4 Å². The zero-order chi connectivity index (χ0) is 17.8. The molecule has 0 aliphatic heterocycles. The average Bonchev–Trinajstić information content (AvgIpc) is 3.10. The number of nitrogens with zero attached hydrogens (tertiary/aromatic N) is 4. The summed E-state index contributed by atoms with van der Waals surface area (Å²) in [6.45, 7) is 4.99. The van der Waals surface area contributed by atoms with Crippen LogP contribution in [0, 0.1) is 12.8 Å². The lowest BCUT2D eigenvalue weighted by atomic mass is 10.2. The number of aryl methyl sites for hydroxylation is 1. The molecule has 7 heteroatoms. The maximum absolute atomic E-state index is 12.6. The first kappa shape index (κ1) is 16.9. The number of nitrogens with one attached hydrogen (secondary N) is 1. The molecular formula is C18H21N5O2. The predicted molar refractivity (Wildman–Crippen MR) is 95.1 cm³/mol. The van der Waals surface area contributed by atoms with Gasteiger partial charge in [0.25, 0.3) is 5.56 Å². The number of rotatable bonds is 6. The number of amides is 1. The van der Waals surface area contributed by atoms with Gasteiger partial charge in [-0.2, -0.15) is 5.10 Å². The summed E-state index contributed by atoms with van der Waals surface area (Å²) in [6, 6.07) is 9.03. The number of hydrogen-bond acceptors (Lipinski definition) is 4. The highest BCUT2D eigenvalue weighted by Crippen LogP contribution is 2.07. The number of carbonyl (C=O) groups is 1. The second-order valence-corrected chi connectivity index (χ2v) is 6.20. The van der Waals surface area contributed by atoms with Crippen molar-refractivity contribution >= 4 is 16.8 Å². The van der Waals surface area contributed by atoms with Crippen molar-refractivity contribution < 1.29 is 4.79 Å². The molecule has 1 N–H and O–H groups in total. The molecule has 0 bridgehead atoms. The van der Waals surface area contributed by atoms with Crippen LogP contribution in [0.3, 0.4) is 0 Å². The zero-order valence-corrected chi connectivity index (χ0v) is 14.3. The van der Waals surface area contributed by atoms with E-state index < -0.39 is 0 Å². The topological polar surface area (TPSA) is 81.8 Å². The molecule has 1 amide bonds. The minimum Gasteiger partial charge on any atom is -0.354 e. The highest BCUT2D eigenvalue weighted by molar-refractivity contribution is 5.79. The van der Waals surface area contributed by atoms with E-state index in [-0.39, 0.29) is 23.9 Å². The van der Waals surface area contributed by atoms with E-state index >= 15 is 0 Å². The third-order valence-electron chi connectivity index (χ3n) is 4.06. The average molecular weight is 339 g/mol. The van der Waals surface area contributed by atoms with Gasteiger partial charge in [-0.25, -0.2) is 4.98 Å². The van der Waals surface area contributed by atoms with E-state index in [2.05, 4.69) is 15.4 Å². The number of carbonyl (C=O) groups excluding carboxylic acids is 1. The lowest BCUT2D eigenvalue weighted by Gasteiger charge is -2.14. The van der Waals surface area contributed by atoms with Crippen LogP contribution in [0.15, 0.2) is 47.5 Å². The number of aromatic nitrogens is 4. The SMILES string of the molecule is Cc1nc2ccccc2c(=O)n1CC(=O)NC[C@H](C)Cn1cccn1. The number of fused-ring (bicyclic) bond motifs is 1. The minimum atomic E-state index is -0.199. The second-order valence-electron chi connectivity index (χ2n) is 6.20. The fourth-order valence-corrected chi connectivity index (χ4v) is 2.75. The molecule has 25 heavy (non-hydrogen) atoms. The first-order chi connectivity index (χ1) is 12.0. The monoisotopic (exact) mass is 339 g/mol. The first-order valence-corrected chi connectivity index (χ1v) is 8.25. The van der Waals surface area contributed by atoms with Crippen LogP contribution in [0.4, 0.5) is 0 Å². The van der Waals surface area contributed by atoms with Gasteiger partial charge in [-0.1, -0.05) is 19.1 Å². The van der Waals surface area contributed by atoms with Crippen molar-refractivity contribution in [3.05, 3.63) is 58.9 Å². The van der Waals surface area contributed by atoms with Crippen molar-refractivity contribution in [1.29, 1.82) is 0 Å². The van der Waals surface area contributed by atoms with Gasteiger partial charge in [0, 0.05) is 25.5 Å². The molecule has 0 spiro atoms. The van der Waals surface area contributed by atoms with Gasteiger partial charge >= 0.3 is 0 Å². The Labute approximate surface area is 145 Å². The van der Waals surface area contributed by atoms with Gasteiger partial charge in [-0.3, -0.25) is 18.8 Å². The van der Waals surface area contributed by atoms with Crippen molar-refractivity contribution in [3.8, 4) is 0 Å². The van der Waals surface area contributed by atoms with Crippen molar-refractivity contribution in [1.82, 2.24) is 24.6 Å². The Kier molecular flexibility index (Phi) is 4.92. The van der Waals surface area contributed by atoms with Gasteiger partial charge in [0.2, 0.25) is 5.91 Å². The molecule has 130 valence electrons. The number of para-hydroxylation sites is 1. The van der Waals surface area contributed by atoms with Crippen LogP contribution in [0.5, 0.6) is 0 Å². The first-order valence-electron chi connectivity index (χ1n) is 8.25. The third-order valence-corrected chi connectivity index (χ3v) is 4.06. The molecule has 2 aromatic heterocycles. The normalized spacial score (nSPS) is 12.2. The van der Waals surface area contributed by atoms with Gasteiger partial charge in [0.05, 0.1) is 10.9 Å². The molecule has 0 saturated carbocycles. The van der Waals surface area contributed by atoms with Crippen LogP contribution in [-0.4, -0.2) is 31.8 Å². The summed E-state index contributed by atoms with van der Waals surface area (Å²) < 4.78 is 3.24. The standard InChI is InChI=1S/C18H21N5O2/c1-13(11-22-9-5-8-20-22)10-19-17(24)12-23-14(2)21-16-7-4-3-6-15(16)18(23)25/h3-9,13H,10-12H2,1-2H3,(H,19,24)/t13-/m0/s1. The second kappa shape index (κ2) is 7.29. The van der Waals surface area contributed by atoms with E-state index in [0.29, 0.717) is 23.3 Å². The van der Waals surface area contributed by atoms with Crippen LogP contribution in [0.2, 0.25) is 0 Å². The van der Waals surface area contributed by atoms with Gasteiger partial charge in [-0.15, -0.1) is 0 Å². The van der Waals surface area contributed by atoms with Gasteiger partial charge in [0.15, 0.2) is 0 Å². The molecule has 3 aromatic rings. The summed E-state index contributed by atoms with van der Waals surface area (Å²) >= 11 is 0. The molecule has 0 aliphatic rings. The number of hydrogen-bond donors (Lipinski definition) is 1. The Hall–Kier alpha value is -2.96. The Morgan fingerprint density at radius 2 is 2.08 bits per heavy atom. The molecule has 0 radical (unpaired) electrons. The molecule has 2 heterocycles. The lowest BCUT2D eigenvalue weighted by Crippen LogP contribution is -2.36. The maximum Gasteiger partial charge on any atom is 0.261 e. The summed E-state index contributed by atoms with van der Waals surface area (Å²) in [6.07, 6.45) is 3.62. The Balaban J connectivity index is 1.65. The summed E-state index contributed by atoms with van der Waals surface area (Å²) in [5, 5.41) is 7.55. The van der Waals surface area contributed by atoms with Crippen molar-refractivity contribution in [2.75, 3.05) is 6.54 Å². The van der Waals surface area contributed by atoms with Gasteiger partial charge < -0.3 is 5.32 Å². The fourth-order valence-electron chi connectivity index (χ4n) is 2.75. The summed E-state index contributed by atoms with van der Waals surface area (Å²) in [7, 11) is 0. The van der Waals surface area contributed by atoms with E-state index in [0.717, 1.165) is 6.54 Å². The van der Waals surface area contributed by atoms with Crippen LogP contribution in [-0.2, 0) is 17.9 Å². The van der Waals surface area contributed by atoms with Crippen LogP contribution < -0.4 is 10.9 Å². The third kappa shape index (κ3) is 3.93. The van der Waals surface area contributed by atoms with E-state index in [4.69, 9.17) is 0 Å². The van der Waals surface area contributed by atoms with E-state index in [9.17, 15) is 9.59 Å². The molecule has 7 nitrogen and oxygen atoms in total. The van der Waals surface area contributed by atoms with Crippen LogP contribution >= 0.6 is 0 Å². The van der Waals surface area contributed by atoms with Crippen molar-refractivity contribution in [2.24, 2.45) is 5.92 Å². The molecule has 1 atom stereocenters. The summed E-state index contributed by atoms with van der Waals surface area (Å²) in [5.41, 5.74) is 0.456. The molecule has 0 unspecified atom stereocenters. The fraction of sp³-hybridized carbons (Fsp3) is 0.333. The van der Waals surface area contributed by atoms with Crippen LogP contribution in [0.1, 0.15) is 12.7 Å². The molecule has 0 saturated heterocycles. The van der Waals surface area contributed by atoms with Crippen molar-refractivity contribution in [2.45, 2.75) is 26.9 Å². The minimum absolute atomic E-state index is 0.0308. The Bertz CT molecular complexity index is 930. The maximum atomic E-state index is 12.6.